The average Bonchev–Trinajstić information content (AvgIpc) is 3.40. The molecular weight excluding hydrogens is 334 g/mol. The normalized spacial score (nSPS) is 23.1. The molecule has 26 heavy (non-hydrogen) atoms. The summed E-state index contributed by atoms with van der Waals surface area (Å²) in [6.07, 6.45) is 9.57. The number of carbonyl (C=O) groups excluding carboxylic acids is 2. The van der Waals surface area contributed by atoms with E-state index in [-0.39, 0.29) is 23.8 Å². The maximum Gasteiger partial charge on any atom is 0.290 e. The lowest BCUT2D eigenvalue weighted by Crippen LogP contribution is -2.41. The molecule has 2 aromatic rings. The highest BCUT2D eigenvalue weighted by molar-refractivity contribution is 6.14. The third-order valence-corrected chi connectivity index (χ3v) is 5.00. The molecule has 6 nitrogen and oxygen atoms in total. The first-order valence-corrected chi connectivity index (χ1v) is 8.66. The summed E-state index contributed by atoms with van der Waals surface area (Å²) >= 11 is 0. The van der Waals surface area contributed by atoms with Crippen molar-refractivity contribution in [2.24, 2.45) is 5.92 Å². The van der Waals surface area contributed by atoms with Crippen molar-refractivity contribution in [3.05, 3.63) is 71.8 Å². The van der Waals surface area contributed by atoms with Crippen molar-refractivity contribution in [3.8, 4) is 0 Å². The summed E-state index contributed by atoms with van der Waals surface area (Å²) in [6.45, 7) is 0.204. The Kier molecular flexibility index (Phi) is 4.24. The van der Waals surface area contributed by atoms with Crippen molar-refractivity contribution in [3.63, 3.8) is 0 Å². The monoisotopic (exact) mass is 353 g/mol. The Balaban J connectivity index is 1.73. The average molecular weight is 353 g/mol. The van der Waals surface area contributed by atoms with E-state index in [4.69, 9.17) is 8.83 Å². The first-order valence-electron chi connectivity index (χ1n) is 8.66. The molecule has 0 spiro atoms. The van der Waals surface area contributed by atoms with Crippen molar-refractivity contribution in [2.45, 2.75) is 31.8 Å². The van der Waals surface area contributed by atoms with E-state index in [1.165, 1.54) is 17.4 Å². The van der Waals surface area contributed by atoms with Crippen molar-refractivity contribution in [2.75, 3.05) is 0 Å². The Morgan fingerprint density at radius 3 is 2.65 bits per heavy atom. The fourth-order valence-electron chi connectivity index (χ4n) is 3.79. The van der Waals surface area contributed by atoms with Gasteiger partial charge in [-0.2, -0.15) is 0 Å². The molecule has 1 aliphatic heterocycles. The SMILES string of the molecule is O=C(C1=C(O)C(=O)N(Cc2ccco2)C1C1CC=CCC1)c1ccco1. The van der Waals surface area contributed by atoms with Crippen LogP contribution in [0.2, 0.25) is 0 Å². The quantitative estimate of drug-likeness (QED) is 0.655. The van der Waals surface area contributed by atoms with Gasteiger partial charge in [-0.25, -0.2) is 0 Å². The van der Waals surface area contributed by atoms with Gasteiger partial charge < -0.3 is 18.8 Å². The van der Waals surface area contributed by atoms with Crippen LogP contribution in [-0.2, 0) is 11.3 Å². The van der Waals surface area contributed by atoms with Gasteiger partial charge in [-0.15, -0.1) is 0 Å². The van der Waals surface area contributed by atoms with Crippen LogP contribution in [0.25, 0.3) is 0 Å². The molecule has 0 saturated heterocycles. The van der Waals surface area contributed by atoms with Gasteiger partial charge >= 0.3 is 0 Å². The summed E-state index contributed by atoms with van der Waals surface area (Å²) in [5, 5.41) is 10.5. The van der Waals surface area contributed by atoms with Crippen LogP contribution in [0.1, 0.15) is 35.6 Å². The summed E-state index contributed by atoms with van der Waals surface area (Å²) in [7, 11) is 0. The number of aliphatic hydroxyl groups excluding tert-OH is 1. The Bertz CT molecular complexity index is 860. The van der Waals surface area contributed by atoms with Crippen LogP contribution in [0.15, 0.2) is 69.1 Å². The number of aliphatic hydroxyl groups is 1. The predicted octanol–water partition coefficient (Wildman–Crippen LogP) is 3.63. The second kappa shape index (κ2) is 6.71. The fraction of sp³-hybridized carbons (Fsp3) is 0.300. The molecule has 6 heteroatoms. The topological polar surface area (TPSA) is 83.9 Å². The number of amides is 1. The van der Waals surface area contributed by atoms with E-state index in [0.717, 1.165) is 19.3 Å². The van der Waals surface area contributed by atoms with Gasteiger partial charge in [0.2, 0.25) is 5.78 Å². The summed E-state index contributed by atoms with van der Waals surface area (Å²) < 4.78 is 10.6. The maximum atomic E-state index is 12.9. The lowest BCUT2D eigenvalue weighted by atomic mass is 9.82. The van der Waals surface area contributed by atoms with Crippen LogP contribution >= 0.6 is 0 Å². The number of ketones is 1. The molecule has 134 valence electrons. The summed E-state index contributed by atoms with van der Waals surface area (Å²) in [6, 6.07) is 6.17. The minimum absolute atomic E-state index is 0.0532. The number of rotatable bonds is 5. The summed E-state index contributed by atoms with van der Waals surface area (Å²) in [4.78, 5) is 27.2. The van der Waals surface area contributed by atoms with Crippen molar-refractivity contribution >= 4 is 11.7 Å². The van der Waals surface area contributed by atoms with Crippen molar-refractivity contribution < 1.29 is 23.5 Å². The van der Waals surface area contributed by atoms with E-state index in [1.54, 1.807) is 24.3 Å². The number of hydrogen-bond donors (Lipinski definition) is 1. The highest BCUT2D eigenvalue weighted by Gasteiger charge is 2.47. The number of allylic oxidation sites excluding steroid dienone is 2. The van der Waals surface area contributed by atoms with Crippen LogP contribution in [0.5, 0.6) is 0 Å². The molecule has 4 rings (SSSR count). The van der Waals surface area contributed by atoms with Gasteiger partial charge in [-0.05, 0) is 49.4 Å². The first-order chi connectivity index (χ1) is 12.7. The second-order valence-electron chi connectivity index (χ2n) is 6.57. The lowest BCUT2D eigenvalue weighted by Gasteiger charge is -2.33. The molecule has 0 radical (unpaired) electrons. The minimum Gasteiger partial charge on any atom is -0.503 e. The largest absolute Gasteiger partial charge is 0.503 e. The van der Waals surface area contributed by atoms with Crippen molar-refractivity contribution in [1.82, 2.24) is 4.90 Å². The molecule has 1 amide bonds. The van der Waals surface area contributed by atoms with Crippen LogP contribution in [0.4, 0.5) is 0 Å². The van der Waals surface area contributed by atoms with E-state index < -0.39 is 23.5 Å². The van der Waals surface area contributed by atoms with Gasteiger partial charge in [-0.1, -0.05) is 12.2 Å². The number of hydrogen-bond acceptors (Lipinski definition) is 5. The molecule has 0 aromatic carbocycles. The molecule has 0 fully saturated rings. The zero-order valence-electron chi connectivity index (χ0n) is 14.1. The highest BCUT2D eigenvalue weighted by atomic mass is 16.3. The Labute approximate surface area is 150 Å². The zero-order chi connectivity index (χ0) is 18.1. The summed E-state index contributed by atoms with van der Waals surface area (Å²) in [5.41, 5.74) is 0.122. The zero-order valence-corrected chi connectivity index (χ0v) is 14.1. The Morgan fingerprint density at radius 1 is 1.19 bits per heavy atom. The van der Waals surface area contributed by atoms with Gasteiger partial charge in [0, 0.05) is 0 Å². The standard InChI is InChI=1S/C20H19NO5/c22-18(15-9-5-11-26-15)16-17(13-6-2-1-3-7-13)21(20(24)19(16)23)12-14-8-4-10-25-14/h1-2,4-5,8-11,13,17,23H,3,6-7,12H2. The second-order valence-corrected chi connectivity index (χ2v) is 6.57. The van der Waals surface area contributed by atoms with E-state index in [9.17, 15) is 14.7 Å². The molecular formula is C20H19NO5. The molecule has 3 heterocycles. The number of nitrogens with zero attached hydrogens (tertiary/aromatic N) is 1. The van der Waals surface area contributed by atoms with E-state index in [2.05, 4.69) is 12.2 Å². The Morgan fingerprint density at radius 2 is 2.00 bits per heavy atom. The molecule has 2 atom stereocenters. The molecule has 2 unspecified atom stereocenters. The van der Waals surface area contributed by atoms with Crippen LogP contribution in [-0.4, -0.2) is 27.7 Å². The Hall–Kier alpha value is -3.02. The highest BCUT2D eigenvalue weighted by Crippen LogP contribution is 2.38. The number of Topliss-reactive ketones (excluding diaryl/α,β-unsaturated/α-hetero) is 1. The maximum absolute atomic E-state index is 12.9. The van der Waals surface area contributed by atoms with Crippen LogP contribution in [0, 0.1) is 5.92 Å². The van der Waals surface area contributed by atoms with Gasteiger partial charge in [0.15, 0.2) is 11.5 Å². The number of carbonyl (C=O) groups is 2. The van der Waals surface area contributed by atoms with E-state index >= 15 is 0 Å². The van der Waals surface area contributed by atoms with E-state index in [0.29, 0.717) is 5.76 Å². The third kappa shape index (κ3) is 2.77. The van der Waals surface area contributed by atoms with Crippen molar-refractivity contribution in [1.29, 1.82) is 0 Å². The van der Waals surface area contributed by atoms with Gasteiger partial charge in [0.05, 0.1) is 30.7 Å². The van der Waals surface area contributed by atoms with E-state index in [1.807, 2.05) is 0 Å². The fourth-order valence-corrected chi connectivity index (χ4v) is 3.79. The molecule has 0 bridgehead atoms. The van der Waals surface area contributed by atoms with Gasteiger partial charge in [0.25, 0.3) is 5.91 Å². The number of furan rings is 2. The van der Waals surface area contributed by atoms with Crippen LogP contribution < -0.4 is 0 Å². The summed E-state index contributed by atoms with van der Waals surface area (Å²) in [5.74, 6) is -0.696. The van der Waals surface area contributed by atoms with Gasteiger partial charge in [0.1, 0.15) is 5.76 Å². The van der Waals surface area contributed by atoms with Gasteiger partial charge in [-0.3, -0.25) is 9.59 Å². The smallest absolute Gasteiger partial charge is 0.290 e. The molecule has 0 saturated carbocycles. The third-order valence-electron chi connectivity index (χ3n) is 5.00. The molecule has 1 N–H and O–H groups in total. The minimum atomic E-state index is -0.546. The predicted molar refractivity (Wildman–Crippen MR) is 92.2 cm³/mol. The molecule has 2 aliphatic rings. The van der Waals surface area contributed by atoms with Crippen LogP contribution in [0.3, 0.4) is 0 Å². The molecule has 1 aliphatic carbocycles. The first kappa shape index (κ1) is 16.4. The molecule has 2 aromatic heterocycles. The lowest BCUT2D eigenvalue weighted by molar-refractivity contribution is -0.131.